The molecule has 1 saturated heterocycles. The van der Waals surface area contributed by atoms with Crippen LogP contribution < -0.4 is 19.1 Å². The summed E-state index contributed by atoms with van der Waals surface area (Å²) in [6.45, 7) is 2.24. The van der Waals surface area contributed by atoms with E-state index < -0.39 is 32.5 Å². The number of rotatable bonds is 10. The largest absolute Gasteiger partial charge is 0.497 e. The number of ether oxygens (including phenoxy) is 2. The van der Waals surface area contributed by atoms with Crippen molar-refractivity contribution >= 4 is 37.3 Å². The van der Waals surface area contributed by atoms with E-state index in [4.69, 9.17) is 9.47 Å². The van der Waals surface area contributed by atoms with Gasteiger partial charge in [-0.05, 0) is 68.3 Å². The quantitative estimate of drug-likeness (QED) is 0.393. The van der Waals surface area contributed by atoms with Gasteiger partial charge in [0.15, 0.2) is 0 Å². The molecular weight excluding hydrogens is 542 g/mol. The van der Waals surface area contributed by atoms with E-state index in [2.05, 4.69) is 5.32 Å². The molecule has 3 aromatic rings. The Bertz CT molecular complexity index is 1530. The Morgan fingerprint density at radius 3 is 2.08 bits per heavy atom. The molecule has 3 aromatic carbocycles. The van der Waals surface area contributed by atoms with Crippen molar-refractivity contribution in [2.75, 3.05) is 43.5 Å². The molecule has 1 aliphatic heterocycles. The molecule has 208 valence electrons. The van der Waals surface area contributed by atoms with Crippen molar-refractivity contribution in [3.63, 3.8) is 0 Å². The molecule has 39 heavy (non-hydrogen) atoms. The zero-order valence-corrected chi connectivity index (χ0v) is 23.6. The van der Waals surface area contributed by atoms with Crippen molar-refractivity contribution in [1.82, 2.24) is 4.31 Å². The molecule has 0 atom stereocenters. The summed E-state index contributed by atoms with van der Waals surface area (Å²) < 4.78 is 66.2. The molecule has 0 aromatic heterocycles. The number of carbonyl (C=O) groups is 1. The molecule has 1 heterocycles. The first-order valence-corrected chi connectivity index (χ1v) is 15.2. The number of nitrogens with one attached hydrogen (secondary N) is 1. The molecule has 0 saturated carbocycles. The van der Waals surface area contributed by atoms with E-state index in [1.165, 1.54) is 61.0 Å². The van der Waals surface area contributed by atoms with Crippen LogP contribution in [0.1, 0.15) is 18.4 Å². The number of carbonyl (C=O) groups excluding carboxylic acids is 1. The van der Waals surface area contributed by atoms with E-state index in [0.29, 0.717) is 24.5 Å². The predicted octanol–water partition coefficient (Wildman–Crippen LogP) is 3.63. The van der Waals surface area contributed by atoms with Crippen LogP contribution in [-0.4, -0.2) is 60.9 Å². The number of sulfonamides is 2. The summed E-state index contributed by atoms with van der Waals surface area (Å²) in [6.07, 6.45) is 1.65. The van der Waals surface area contributed by atoms with E-state index in [-0.39, 0.29) is 21.2 Å². The molecule has 0 aliphatic carbocycles. The molecule has 0 radical (unpaired) electrons. The number of hydrogen-bond donors (Lipinski definition) is 1. The molecular formula is C27H31N3O7S2. The number of anilines is 2. The maximum absolute atomic E-state index is 13.8. The fraction of sp³-hybridized carbons (Fsp3) is 0.296. The topological polar surface area (TPSA) is 122 Å². The lowest BCUT2D eigenvalue weighted by Crippen LogP contribution is -2.38. The van der Waals surface area contributed by atoms with Crippen molar-refractivity contribution < 1.29 is 31.1 Å². The van der Waals surface area contributed by atoms with Gasteiger partial charge in [-0.1, -0.05) is 17.7 Å². The lowest BCUT2D eigenvalue weighted by Gasteiger charge is -2.26. The number of aryl methyl sites for hydroxylation is 1. The minimum atomic E-state index is -4.20. The number of methoxy groups -OCH3 is 2. The number of hydrogen-bond acceptors (Lipinski definition) is 7. The Labute approximate surface area is 229 Å². The molecule has 0 unspecified atom stereocenters. The van der Waals surface area contributed by atoms with Gasteiger partial charge < -0.3 is 14.8 Å². The molecule has 4 rings (SSSR count). The van der Waals surface area contributed by atoms with E-state index in [0.717, 1.165) is 22.7 Å². The van der Waals surface area contributed by atoms with Gasteiger partial charge in [-0.15, -0.1) is 0 Å². The molecule has 0 bridgehead atoms. The van der Waals surface area contributed by atoms with Gasteiger partial charge in [-0.3, -0.25) is 9.10 Å². The van der Waals surface area contributed by atoms with E-state index in [9.17, 15) is 21.6 Å². The van der Waals surface area contributed by atoms with Crippen molar-refractivity contribution in [2.24, 2.45) is 0 Å². The van der Waals surface area contributed by atoms with Gasteiger partial charge >= 0.3 is 0 Å². The van der Waals surface area contributed by atoms with Crippen molar-refractivity contribution in [3.05, 3.63) is 72.3 Å². The van der Waals surface area contributed by atoms with Crippen molar-refractivity contribution in [2.45, 2.75) is 29.6 Å². The van der Waals surface area contributed by atoms with Crippen LogP contribution in [0.3, 0.4) is 0 Å². The summed E-state index contributed by atoms with van der Waals surface area (Å²) in [5, 5.41) is 2.66. The Kier molecular flexibility index (Phi) is 8.48. The molecule has 1 N–H and O–H groups in total. The lowest BCUT2D eigenvalue weighted by molar-refractivity contribution is -0.114. The van der Waals surface area contributed by atoms with Crippen LogP contribution in [0.2, 0.25) is 0 Å². The third-order valence-electron chi connectivity index (χ3n) is 6.39. The van der Waals surface area contributed by atoms with Gasteiger partial charge in [-0.25, -0.2) is 16.8 Å². The minimum Gasteiger partial charge on any atom is -0.497 e. The van der Waals surface area contributed by atoms with Crippen LogP contribution in [-0.2, 0) is 24.8 Å². The highest BCUT2D eigenvalue weighted by atomic mass is 32.2. The molecule has 1 amide bonds. The zero-order chi connectivity index (χ0) is 28.2. The fourth-order valence-corrected chi connectivity index (χ4v) is 7.19. The highest BCUT2D eigenvalue weighted by molar-refractivity contribution is 7.93. The van der Waals surface area contributed by atoms with Crippen LogP contribution in [0.15, 0.2) is 76.5 Å². The van der Waals surface area contributed by atoms with E-state index in [1.807, 2.05) is 6.92 Å². The second kappa shape index (κ2) is 11.6. The maximum atomic E-state index is 13.8. The fourth-order valence-electron chi connectivity index (χ4n) is 4.25. The lowest BCUT2D eigenvalue weighted by atomic mass is 10.2. The predicted molar refractivity (Wildman–Crippen MR) is 148 cm³/mol. The molecule has 1 aliphatic rings. The van der Waals surface area contributed by atoms with Gasteiger partial charge in [0.1, 0.15) is 18.0 Å². The first kappa shape index (κ1) is 28.4. The Hall–Kier alpha value is -3.61. The van der Waals surface area contributed by atoms with Gasteiger partial charge in [0.05, 0.1) is 29.7 Å². The molecule has 1 fully saturated rings. The van der Waals surface area contributed by atoms with Gasteiger partial charge in [0, 0.05) is 24.8 Å². The van der Waals surface area contributed by atoms with Crippen molar-refractivity contribution in [3.8, 4) is 11.5 Å². The second-order valence-electron chi connectivity index (χ2n) is 9.05. The molecule has 12 heteroatoms. The van der Waals surface area contributed by atoms with Crippen LogP contribution in [0, 0.1) is 6.92 Å². The first-order valence-electron chi connectivity index (χ1n) is 12.3. The van der Waals surface area contributed by atoms with Gasteiger partial charge in [0.2, 0.25) is 15.9 Å². The molecule has 10 nitrogen and oxygen atoms in total. The highest BCUT2D eigenvalue weighted by Gasteiger charge is 2.30. The maximum Gasteiger partial charge on any atom is 0.264 e. The number of amides is 1. The van der Waals surface area contributed by atoms with E-state index in [1.54, 1.807) is 24.3 Å². The Balaban J connectivity index is 1.63. The normalized spacial score (nSPS) is 14.1. The van der Waals surface area contributed by atoms with Crippen LogP contribution in [0.5, 0.6) is 11.5 Å². The molecule has 0 spiro atoms. The van der Waals surface area contributed by atoms with Crippen LogP contribution in [0.4, 0.5) is 11.4 Å². The summed E-state index contributed by atoms with van der Waals surface area (Å²) in [5.74, 6) is -0.0217. The average molecular weight is 574 g/mol. The van der Waals surface area contributed by atoms with Crippen molar-refractivity contribution in [1.29, 1.82) is 0 Å². The minimum absolute atomic E-state index is 0.00208. The Morgan fingerprint density at radius 2 is 1.49 bits per heavy atom. The summed E-state index contributed by atoms with van der Waals surface area (Å²) in [6, 6.07) is 16.8. The number of nitrogens with zero attached hydrogens (tertiary/aromatic N) is 2. The standard InChI is InChI=1S/C27H31N3O7S2/c1-20-6-11-24(12-7-20)39(34,35)30(25-18-22(36-2)10-15-26(25)37-3)19-27(31)28-21-8-13-23(14-9-21)38(32,33)29-16-4-5-17-29/h6-15,18H,4-5,16-17,19H2,1-3H3,(H,28,31). The summed E-state index contributed by atoms with van der Waals surface area (Å²) in [4.78, 5) is 13.3. The van der Waals surface area contributed by atoms with Crippen LogP contribution >= 0.6 is 0 Å². The number of benzene rings is 3. The summed E-state index contributed by atoms with van der Waals surface area (Å²) in [7, 11) is -4.95. The second-order valence-corrected chi connectivity index (χ2v) is 12.8. The van der Waals surface area contributed by atoms with Crippen LogP contribution in [0.25, 0.3) is 0 Å². The Morgan fingerprint density at radius 1 is 0.872 bits per heavy atom. The monoisotopic (exact) mass is 573 g/mol. The van der Waals surface area contributed by atoms with Gasteiger partial charge in [-0.2, -0.15) is 4.31 Å². The summed E-state index contributed by atoms with van der Waals surface area (Å²) in [5.41, 5.74) is 1.33. The van der Waals surface area contributed by atoms with Gasteiger partial charge in [0.25, 0.3) is 10.0 Å². The zero-order valence-electron chi connectivity index (χ0n) is 22.0. The average Bonchev–Trinajstić information content (AvgIpc) is 3.48. The SMILES string of the molecule is COc1ccc(OC)c(N(CC(=O)Nc2ccc(S(=O)(=O)N3CCCC3)cc2)S(=O)(=O)c2ccc(C)cc2)c1. The smallest absolute Gasteiger partial charge is 0.264 e. The first-order chi connectivity index (χ1) is 18.6. The third-order valence-corrected chi connectivity index (χ3v) is 10.1. The summed E-state index contributed by atoms with van der Waals surface area (Å²) >= 11 is 0. The highest BCUT2D eigenvalue weighted by Crippen LogP contribution is 2.35. The van der Waals surface area contributed by atoms with E-state index >= 15 is 0 Å². The third kappa shape index (κ3) is 6.18.